The number of hydrogen-bond acceptors (Lipinski definition) is 5. The summed E-state index contributed by atoms with van der Waals surface area (Å²) in [5.41, 5.74) is 1.51. The van der Waals surface area contributed by atoms with Crippen molar-refractivity contribution >= 4 is 17.1 Å². The molecule has 148 valence electrons. The molecule has 29 heavy (non-hydrogen) atoms. The Balaban J connectivity index is 1.71. The van der Waals surface area contributed by atoms with E-state index in [1.54, 1.807) is 17.4 Å². The molecular formula is C21H20N4O3S. The fourth-order valence-corrected chi connectivity index (χ4v) is 4.69. The van der Waals surface area contributed by atoms with Crippen molar-refractivity contribution in [2.24, 2.45) is 0 Å². The summed E-state index contributed by atoms with van der Waals surface area (Å²) in [5.74, 6) is -0.308. The Bertz CT molecular complexity index is 1270. The highest BCUT2D eigenvalue weighted by Crippen LogP contribution is 2.20. The Kier molecular flexibility index (Phi) is 4.84. The number of carbonyl (C=O) groups excluding carboxylic acids is 1. The van der Waals surface area contributed by atoms with Crippen LogP contribution < -0.4 is 11.2 Å². The number of hydrogen-bond donors (Lipinski definition) is 0. The van der Waals surface area contributed by atoms with E-state index in [0.29, 0.717) is 37.2 Å². The van der Waals surface area contributed by atoms with E-state index in [1.165, 1.54) is 9.44 Å². The average molecular weight is 408 g/mol. The highest BCUT2D eigenvalue weighted by Gasteiger charge is 2.25. The van der Waals surface area contributed by atoms with Crippen LogP contribution in [0.5, 0.6) is 0 Å². The van der Waals surface area contributed by atoms with E-state index in [1.807, 2.05) is 37.4 Å². The fraction of sp³-hybridized carbons (Fsp3) is 0.333. The van der Waals surface area contributed by atoms with Crippen molar-refractivity contribution in [3.05, 3.63) is 77.5 Å². The SMILES string of the molecule is Cc1cc(C(=O)Cn2c(=O)c(C#N)c3n(c2=O)CCC3)c(C)n1Cc1cccs1. The lowest BCUT2D eigenvalue weighted by Gasteiger charge is -2.11. The van der Waals surface area contributed by atoms with Gasteiger partial charge in [0.1, 0.15) is 11.6 Å². The highest BCUT2D eigenvalue weighted by molar-refractivity contribution is 7.09. The maximum Gasteiger partial charge on any atom is 0.331 e. The lowest BCUT2D eigenvalue weighted by Crippen LogP contribution is -2.43. The van der Waals surface area contributed by atoms with E-state index in [2.05, 4.69) is 4.57 Å². The molecular weight excluding hydrogens is 388 g/mol. The van der Waals surface area contributed by atoms with Crippen molar-refractivity contribution in [3.63, 3.8) is 0 Å². The zero-order chi connectivity index (χ0) is 20.7. The monoisotopic (exact) mass is 408 g/mol. The zero-order valence-electron chi connectivity index (χ0n) is 16.3. The van der Waals surface area contributed by atoms with Gasteiger partial charge in [0.2, 0.25) is 0 Å². The smallest absolute Gasteiger partial charge is 0.331 e. The summed E-state index contributed by atoms with van der Waals surface area (Å²) in [6.45, 7) is 4.57. The molecule has 0 aliphatic carbocycles. The first kappa shape index (κ1) is 19.2. The Hall–Kier alpha value is -3.18. The quantitative estimate of drug-likeness (QED) is 0.606. The summed E-state index contributed by atoms with van der Waals surface area (Å²) < 4.78 is 4.41. The van der Waals surface area contributed by atoms with Gasteiger partial charge in [-0.1, -0.05) is 6.07 Å². The third kappa shape index (κ3) is 3.17. The van der Waals surface area contributed by atoms with Gasteiger partial charge >= 0.3 is 5.69 Å². The first-order valence-corrected chi connectivity index (χ1v) is 10.3. The van der Waals surface area contributed by atoms with Crippen molar-refractivity contribution in [1.29, 1.82) is 5.26 Å². The largest absolute Gasteiger partial charge is 0.343 e. The van der Waals surface area contributed by atoms with Crippen LogP contribution in [0, 0.1) is 25.2 Å². The first-order chi connectivity index (χ1) is 13.9. The number of fused-ring (bicyclic) bond motifs is 1. The zero-order valence-corrected chi connectivity index (χ0v) is 17.1. The van der Waals surface area contributed by atoms with E-state index in [9.17, 15) is 19.6 Å². The van der Waals surface area contributed by atoms with E-state index < -0.39 is 11.2 Å². The van der Waals surface area contributed by atoms with E-state index >= 15 is 0 Å². The van der Waals surface area contributed by atoms with Gasteiger partial charge in [0.25, 0.3) is 5.56 Å². The normalized spacial score (nSPS) is 12.7. The topological polar surface area (TPSA) is 89.8 Å². The van der Waals surface area contributed by atoms with Gasteiger partial charge in [0.15, 0.2) is 5.78 Å². The lowest BCUT2D eigenvalue weighted by atomic mass is 10.1. The minimum atomic E-state index is -0.675. The summed E-state index contributed by atoms with van der Waals surface area (Å²) in [5, 5.41) is 11.4. The predicted octanol–water partition coefficient (Wildman–Crippen LogP) is 2.24. The van der Waals surface area contributed by atoms with Crippen LogP contribution in [0.15, 0.2) is 33.2 Å². The maximum absolute atomic E-state index is 13.0. The van der Waals surface area contributed by atoms with Crippen LogP contribution in [-0.2, 0) is 26.1 Å². The molecule has 0 spiro atoms. The number of nitriles is 1. The molecule has 8 heteroatoms. The molecule has 0 saturated carbocycles. The molecule has 0 fully saturated rings. The molecule has 4 heterocycles. The highest BCUT2D eigenvalue weighted by atomic mass is 32.1. The van der Waals surface area contributed by atoms with Gasteiger partial charge in [0.05, 0.1) is 13.1 Å². The Labute approximate surface area is 171 Å². The van der Waals surface area contributed by atoms with Gasteiger partial charge < -0.3 is 4.57 Å². The summed E-state index contributed by atoms with van der Waals surface area (Å²) in [4.78, 5) is 39.6. The van der Waals surface area contributed by atoms with Crippen LogP contribution in [0.1, 0.15) is 44.3 Å². The molecule has 1 aliphatic heterocycles. The van der Waals surface area contributed by atoms with Gasteiger partial charge in [-0.05, 0) is 44.2 Å². The van der Waals surface area contributed by atoms with Crippen LogP contribution in [0.25, 0.3) is 0 Å². The maximum atomic E-state index is 13.0. The van der Waals surface area contributed by atoms with Crippen LogP contribution in [0.2, 0.25) is 0 Å². The third-order valence-corrected chi connectivity index (χ3v) is 6.37. The molecule has 7 nitrogen and oxygen atoms in total. The summed E-state index contributed by atoms with van der Waals surface area (Å²) in [7, 11) is 0. The standard InChI is InChI=1S/C21H20N4O3S/c1-13-9-16(14(2)24(13)11-15-5-4-8-29-15)19(26)12-25-20(27)17(10-22)18-6-3-7-23(18)21(25)28/h4-5,8-9H,3,6-7,11-12H2,1-2H3. The van der Waals surface area contributed by atoms with Crippen LogP contribution >= 0.6 is 11.3 Å². The second kappa shape index (κ2) is 7.33. The predicted molar refractivity (Wildman–Crippen MR) is 110 cm³/mol. The number of Topliss-reactive ketones (excluding diaryl/α,β-unsaturated/α-hetero) is 1. The van der Waals surface area contributed by atoms with Crippen LogP contribution in [0.3, 0.4) is 0 Å². The van der Waals surface area contributed by atoms with E-state index in [0.717, 1.165) is 16.0 Å². The molecule has 1 aliphatic rings. The summed E-state index contributed by atoms with van der Waals surface area (Å²) >= 11 is 1.65. The third-order valence-electron chi connectivity index (χ3n) is 5.51. The molecule has 0 bridgehead atoms. The molecule has 4 rings (SSSR count). The number of aryl methyl sites for hydroxylation is 1. The fourth-order valence-electron chi connectivity index (χ4n) is 4.00. The number of carbonyl (C=O) groups is 1. The summed E-state index contributed by atoms with van der Waals surface area (Å²) in [6, 6.07) is 7.74. The molecule has 3 aromatic rings. The molecule has 0 amide bonds. The van der Waals surface area contributed by atoms with E-state index in [4.69, 9.17) is 0 Å². The van der Waals surface area contributed by atoms with Crippen molar-refractivity contribution in [2.45, 2.75) is 46.3 Å². The second-order valence-corrected chi connectivity index (χ2v) is 8.27. The first-order valence-electron chi connectivity index (χ1n) is 9.41. The Morgan fingerprint density at radius 1 is 1.28 bits per heavy atom. The molecule has 0 saturated heterocycles. The molecule has 0 radical (unpaired) electrons. The van der Waals surface area contributed by atoms with Gasteiger partial charge in [-0.2, -0.15) is 5.26 Å². The number of nitrogens with zero attached hydrogens (tertiary/aromatic N) is 4. The van der Waals surface area contributed by atoms with Gasteiger partial charge in [-0.25, -0.2) is 4.79 Å². The minimum absolute atomic E-state index is 0.0296. The second-order valence-electron chi connectivity index (χ2n) is 7.24. The Morgan fingerprint density at radius 3 is 2.76 bits per heavy atom. The van der Waals surface area contributed by atoms with Gasteiger partial charge in [0, 0.05) is 34.1 Å². The number of ketones is 1. The number of thiophene rings is 1. The Morgan fingerprint density at radius 2 is 2.07 bits per heavy atom. The van der Waals surface area contributed by atoms with Crippen molar-refractivity contribution < 1.29 is 4.79 Å². The van der Waals surface area contributed by atoms with Gasteiger partial charge in [-0.15, -0.1) is 11.3 Å². The van der Waals surface area contributed by atoms with Gasteiger partial charge in [-0.3, -0.25) is 18.7 Å². The van der Waals surface area contributed by atoms with Crippen molar-refractivity contribution in [3.8, 4) is 6.07 Å². The molecule has 0 N–H and O–H groups in total. The molecule has 0 unspecified atom stereocenters. The number of aromatic nitrogens is 3. The lowest BCUT2D eigenvalue weighted by molar-refractivity contribution is 0.0967. The van der Waals surface area contributed by atoms with Crippen LogP contribution in [0.4, 0.5) is 0 Å². The number of rotatable bonds is 5. The molecule has 3 aromatic heterocycles. The minimum Gasteiger partial charge on any atom is -0.343 e. The van der Waals surface area contributed by atoms with Crippen molar-refractivity contribution in [2.75, 3.05) is 0 Å². The average Bonchev–Trinajstić information content (AvgIpc) is 3.43. The molecule has 0 aromatic carbocycles. The van der Waals surface area contributed by atoms with E-state index in [-0.39, 0.29) is 17.9 Å². The van der Waals surface area contributed by atoms with Crippen LogP contribution in [-0.4, -0.2) is 19.5 Å². The summed E-state index contributed by atoms with van der Waals surface area (Å²) in [6.07, 6.45) is 1.25. The molecule has 0 atom stereocenters. The van der Waals surface area contributed by atoms with Crippen molar-refractivity contribution in [1.82, 2.24) is 13.7 Å².